The van der Waals surface area contributed by atoms with Gasteiger partial charge in [-0.2, -0.15) is 0 Å². The van der Waals surface area contributed by atoms with Crippen LogP contribution in [0.3, 0.4) is 0 Å². The summed E-state index contributed by atoms with van der Waals surface area (Å²) in [6.07, 6.45) is -0.791. The Morgan fingerprint density at radius 2 is 1.60 bits per heavy atom. The van der Waals surface area contributed by atoms with E-state index in [4.69, 9.17) is 4.74 Å². The zero-order valence-corrected chi connectivity index (χ0v) is 15.8. The summed E-state index contributed by atoms with van der Waals surface area (Å²) in [4.78, 5) is 8.23. The molecule has 1 aliphatic heterocycles. The molecule has 0 amide bonds. The lowest BCUT2D eigenvalue weighted by Crippen LogP contribution is -2.25. The molecule has 10 heteroatoms. The highest BCUT2D eigenvalue weighted by atomic mass is 19.3. The Morgan fingerprint density at radius 3 is 2.20 bits per heavy atom. The van der Waals surface area contributed by atoms with Crippen LogP contribution in [0.5, 0.6) is 17.2 Å². The Labute approximate surface area is 168 Å². The highest BCUT2D eigenvalue weighted by molar-refractivity contribution is 5.70. The van der Waals surface area contributed by atoms with E-state index in [1.165, 1.54) is 31.6 Å². The minimum Gasteiger partial charge on any atom is -0.497 e. The van der Waals surface area contributed by atoms with E-state index >= 15 is 0 Å². The monoisotopic (exact) mass is 421 g/mol. The molecule has 0 fully saturated rings. The molecule has 0 radical (unpaired) electrons. The van der Waals surface area contributed by atoms with Crippen molar-refractivity contribution in [2.24, 2.45) is 0 Å². The Kier molecular flexibility index (Phi) is 4.84. The molecule has 6 nitrogen and oxygen atoms in total. The Bertz CT molecular complexity index is 1080. The maximum Gasteiger partial charge on any atom is 0.586 e. The van der Waals surface area contributed by atoms with Crippen LogP contribution in [0, 0.1) is 18.6 Å². The second-order valence-electron chi connectivity index (χ2n) is 6.50. The lowest BCUT2D eigenvalue weighted by molar-refractivity contribution is -0.286. The standard InChI is InChI=1S/C20H15F4N3O3/c1-10-3-17-18(30-20(23,24)29-17)6-13(10)11-7-25-19(26-8-11)27-9-14-15(21)4-12(28-2)5-16(14)22/h3-8H,9H2,1-2H3,(H,25,26,27). The molecular formula is C20H15F4N3O3. The van der Waals surface area contributed by atoms with Crippen molar-refractivity contribution in [2.45, 2.75) is 19.8 Å². The largest absolute Gasteiger partial charge is 0.586 e. The maximum absolute atomic E-state index is 14.0. The van der Waals surface area contributed by atoms with E-state index in [1.54, 1.807) is 6.92 Å². The van der Waals surface area contributed by atoms with Crippen LogP contribution in [0.25, 0.3) is 11.1 Å². The summed E-state index contributed by atoms with van der Waals surface area (Å²) in [6, 6.07) is 5.01. The zero-order valence-electron chi connectivity index (χ0n) is 15.8. The van der Waals surface area contributed by atoms with Crippen LogP contribution in [0.15, 0.2) is 36.7 Å². The van der Waals surface area contributed by atoms with Crippen molar-refractivity contribution >= 4 is 5.95 Å². The van der Waals surface area contributed by atoms with Crippen molar-refractivity contribution in [1.29, 1.82) is 0 Å². The van der Waals surface area contributed by atoms with Crippen molar-refractivity contribution < 1.29 is 31.8 Å². The smallest absolute Gasteiger partial charge is 0.497 e. The van der Waals surface area contributed by atoms with E-state index in [2.05, 4.69) is 24.8 Å². The topological polar surface area (TPSA) is 65.5 Å². The molecule has 0 unspecified atom stereocenters. The number of aromatic nitrogens is 2. The minimum atomic E-state index is -3.70. The molecule has 1 aliphatic rings. The van der Waals surface area contributed by atoms with Gasteiger partial charge in [0.05, 0.1) is 7.11 Å². The minimum absolute atomic E-state index is 0.0519. The van der Waals surface area contributed by atoms with Gasteiger partial charge in [0.2, 0.25) is 5.95 Å². The normalized spacial score (nSPS) is 13.9. The number of hydrogen-bond donors (Lipinski definition) is 1. The molecule has 0 aliphatic carbocycles. The fourth-order valence-electron chi connectivity index (χ4n) is 3.00. The number of aryl methyl sites for hydroxylation is 1. The highest BCUT2D eigenvalue weighted by Gasteiger charge is 2.43. The summed E-state index contributed by atoms with van der Waals surface area (Å²) in [5.41, 5.74) is 1.59. The lowest BCUT2D eigenvalue weighted by Gasteiger charge is -2.10. The number of nitrogens with zero attached hydrogens (tertiary/aromatic N) is 2. The SMILES string of the molecule is COc1cc(F)c(CNc2ncc(-c3cc4c(cc3C)OC(F)(F)O4)cn2)c(F)c1. The molecule has 0 bridgehead atoms. The van der Waals surface area contributed by atoms with Gasteiger partial charge in [-0.15, -0.1) is 8.78 Å². The van der Waals surface area contributed by atoms with E-state index in [1.807, 2.05) is 0 Å². The Morgan fingerprint density at radius 1 is 1.00 bits per heavy atom. The molecule has 0 saturated carbocycles. The van der Waals surface area contributed by atoms with Gasteiger partial charge in [-0.1, -0.05) is 0 Å². The summed E-state index contributed by atoms with van der Waals surface area (Å²) in [5.74, 6) is -1.45. The maximum atomic E-state index is 14.0. The van der Waals surface area contributed by atoms with Gasteiger partial charge in [0.25, 0.3) is 0 Å². The van der Waals surface area contributed by atoms with Crippen LogP contribution < -0.4 is 19.5 Å². The number of benzene rings is 2. The van der Waals surface area contributed by atoms with Crippen molar-refractivity contribution in [2.75, 3.05) is 12.4 Å². The number of rotatable bonds is 5. The van der Waals surface area contributed by atoms with Crippen molar-refractivity contribution in [1.82, 2.24) is 9.97 Å². The number of anilines is 1. The van der Waals surface area contributed by atoms with E-state index in [-0.39, 0.29) is 35.3 Å². The van der Waals surface area contributed by atoms with Crippen molar-refractivity contribution in [3.63, 3.8) is 0 Å². The number of alkyl halides is 2. The van der Waals surface area contributed by atoms with Crippen LogP contribution in [-0.4, -0.2) is 23.4 Å². The summed E-state index contributed by atoms with van der Waals surface area (Å²) < 4.78 is 68.2. The van der Waals surface area contributed by atoms with E-state index in [0.717, 1.165) is 12.1 Å². The molecule has 0 saturated heterocycles. The first kappa shape index (κ1) is 19.7. The zero-order chi connectivity index (χ0) is 21.5. The molecule has 0 atom stereocenters. The number of methoxy groups -OCH3 is 1. The number of hydrogen-bond acceptors (Lipinski definition) is 6. The van der Waals surface area contributed by atoms with Crippen molar-refractivity contribution in [3.05, 3.63) is 59.4 Å². The van der Waals surface area contributed by atoms with Crippen LogP contribution in [-0.2, 0) is 6.54 Å². The van der Waals surface area contributed by atoms with Gasteiger partial charge in [-0.3, -0.25) is 0 Å². The molecule has 2 heterocycles. The molecule has 156 valence electrons. The number of nitrogens with one attached hydrogen (secondary N) is 1. The van der Waals surface area contributed by atoms with Gasteiger partial charge >= 0.3 is 6.29 Å². The van der Waals surface area contributed by atoms with Crippen LogP contribution in [0.2, 0.25) is 0 Å². The van der Waals surface area contributed by atoms with Crippen molar-refractivity contribution in [3.8, 4) is 28.4 Å². The van der Waals surface area contributed by atoms with E-state index in [9.17, 15) is 17.6 Å². The molecule has 4 rings (SSSR count). The summed E-state index contributed by atoms with van der Waals surface area (Å²) in [5, 5.41) is 2.74. The third kappa shape index (κ3) is 3.80. The molecule has 1 aromatic heterocycles. The predicted octanol–water partition coefficient (Wildman–Crippen LogP) is 4.67. The third-order valence-corrected chi connectivity index (χ3v) is 4.48. The number of halogens is 4. The van der Waals surface area contributed by atoms with E-state index in [0.29, 0.717) is 16.7 Å². The van der Waals surface area contributed by atoms with Gasteiger partial charge in [-0.25, -0.2) is 18.7 Å². The van der Waals surface area contributed by atoms with E-state index < -0.39 is 17.9 Å². The predicted molar refractivity (Wildman–Crippen MR) is 98.6 cm³/mol. The fraction of sp³-hybridized carbons (Fsp3) is 0.200. The van der Waals surface area contributed by atoms with Gasteiger partial charge in [0, 0.05) is 42.2 Å². The number of fused-ring (bicyclic) bond motifs is 1. The van der Waals surface area contributed by atoms with Gasteiger partial charge in [0.1, 0.15) is 17.4 Å². The Hall–Kier alpha value is -3.56. The van der Waals surface area contributed by atoms with Gasteiger partial charge in [-0.05, 0) is 30.2 Å². The van der Waals surface area contributed by atoms with Gasteiger partial charge in [0.15, 0.2) is 11.5 Å². The first-order valence-corrected chi connectivity index (χ1v) is 8.74. The fourth-order valence-corrected chi connectivity index (χ4v) is 3.00. The molecule has 30 heavy (non-hydrogen) atoms. The summed E-state index contributed by atoms with van der Waals surface area (Å²) >= 11 is 0. The molecular weight excluding hydrogens is 406 g/mol. The molecule has 1 N–H and O–H groups in total. The summed E-state index contributed by atoms with van der Waals surface area (Å²) in [7, 11) is 1.31. The molecule has 2 aromatic carbocycles. The first-order chi connectivity index (χ1) is 14.3. The lowest BCUT2D eigenvalue weighted by atomic mass is 10.0. The second-order valence-corrected chi connectivity index (χ2v) is 6.50. The van der Waals surface area contributed by atoms with Crippen LogP contribution in [0.1, 0.15) is 11.1 Å². The van der Waals surface area contributed by atoms with Crippen LogP contribution in [0.4, 0.5) is 23.5 Å². The Balaban J connectivity index is 1.51. The molecule has 0 spiro atoms. The van der Waals surface area contributed by atoms with Crippen LogP contribution >= 0.6 is 0 Å². The first-order valence-electron chi connectivity index (χ1n) is 8.74. The highest BCUT2D eigenvalue weighted by Crippen LogP contribution is 2.44. The average molecular weight is 421 g/mol. The summed E-state index contributed by atoms with van der Waals surface area (Å²) in [6.45, 7) is 1.54. The second kappa shape index (κ2) is 7.36. The third-order valence-electron chi connectivity index (χ3n) is 4.48. The molecule has 3 aromatic rings. The van der Waals surface area contributed by atoms with Gasteiger partial charge < -0.3 is 19.5 Å². The number of ether oxygens (including phenoxy) is 3. The quantitative estimate of drug-likeness (QED) is 0.604. The average Bonchev–Trinajstić information content (AvgIpc) is 2.99.